The lowest BCUT2D eigenvalue weighted by molar-refractivity contribution is -0.122. The van der Waals surface area contributed by atoms with E-state index in [4.69, 9.17) is 0 Å². The molecule has 1 aromatic rings. The van der Waals surface area contributed by atoms with Crippen LogP contribution in [0.4, 0.5) is 0 Å². The highest BCUT2D eigenvalue weighted by molar-refractivity contribution is 5.76. The molecule has 0 aromatic carbocycles. The minimum absolute atomic E-state index is 0.170. The van der Waals surface area contributed by atoms with Gasteiger partial charge in [0.15, 0.2) is 0 Å². The van der Waals surface area contributed by atoms with Gasteiger partial charge in [-0.2, -0.15) is 5.10 Å². The average Bonchev–Trinajstić information content (AvgIpc) is 3.09. The number of piperidine rings is 1. The number of nitrogens with one attached hydrogen (secondary N) is 2. The van der Waals surface area contributed by atoms with Gasteiger partial charge >= 0.3 is 0 Å². The smallest absolute Gasteiger partial charge is 0.220 e. The van der Waals surface area contributed by atoms with Gasteiger partial charge in [-0.1, -0.05) is 12.8 Å². The maximum absolute atomic E-state index is 11.1. The first-order valence-corrected chi connectivity index (χ1v) is 7.35. The minimum Gasteiger partial charge on any atom is -0.355 e. The van der Waals surface area contributed by atoms with Gasteiger partial charge in [0.1, 0.15) is 0 Å². The maximum Gasteiger partial charge on any atom is 0.220 e. The van der Waals surface area contributed by atoms with Crippen LogP contribution in [0.1, 0.15) is 50.3 Å². The largest absolute Gasteiger partial charge is 0.355 e. The Kier molecular flexibility index (Phi) is 3.82. The summed E-state index contributed by atoms with van der Waals surface area (Å²) in [4.78, 5) is 11.1. The Hall–Kier alpha value is -1.36. The van der Waals surface area contributed by atoms with Crippen LogP contribution in [0, 0.1) is 0 Å². The van der Waals surface area contributed by atoms with Crippen molar-refractivity contribution < 1.29 is 4.79 Å². The number of amides is 1. The van der Waals surface area contributed by atoms with Crippen molar-refractivity contribution in [1.82, 2.24) is 20.4 Å². The molecule has 0 radical (unpaired) electrons. The van der Waals surface area contributed by atoms with Crippen molar-refractivity contribution in [3.05, 3.63) is 18.0 Å². The van der Waals surface area contributed by atoms with Crippen LogP contribution >= 0.6 is 0 Å². The van der Waals surface area contributed by atoms with Crippen LogP contribution < -0.4 is 10.6 Å². The van der Waals surface area contributed by atoms with Crippen LogP contribution in [0.3, 0.4) is 0 Å². The highest BCUT2D eigenvalue weighted by atomic mass is 16.1. The molecule has 5 heteroatoms. The fraction of sp³-hybridized carbons (Fsp3) is 0.714. The first kappa shape index (κ1) is 12.7. The third kappa shape index (κ3) is 3.15. The Bertz CT molecular complexity index is 426. The van der Waals surface area contributed by atoms with Gasteiger partial charge in [0.2, 0.25) is 5.91 Å². The Balaban J connectivity index is 1.48. The summed E-state index contributed by atoms with van der Waals surface area (Å²) >= 11 is 0. The molecule has 2 aliphatic rings. The van der Waals surface area contributed by atoms with Gasteiger partial charge in [-0.15, -0.1) is 0 Å². The predicted molar refractivity (Wildman–Crippen MR) is 72.6 cm³/mol. The maximum atomic E-state index is 11.1. The van der Waals surface area contributed by atoms with Crippen molar-refractivity contribution in [2.45, 2.75) is 57.2 Å². The van der Waals surface area contributed by atoms with Crippen LogP contribution in [0.5, 0.6) is 0 Å². The van der Waals surface area contributed by atoms with E-state index < -0.39 is 0 Å². The van der Waals surface area contributed by atoms with Gasteiger partial charge in [-0.25, -0.2) is 0 Å². The fourth-order valence-corrected chi connectivity index (χ4v) is 3.00. The second-order valence-electron chi connectivity index (χ2n) is 5.65. The van der Waals surface area contributed by atoms with Crippen molar-refractivity contribution in [2.24, 2.45) is 0 Å². The number of nitrogens with zero attached hydrogens (tertiary/aromatic N) is 2. The first-order chi connectivity index (χ1) is 9.31. The van der Waals surface area contributed by atoms with E-state index in [-0.39, 0.29) is 5.91 Å². The lowest BCUT2D eigenvalue weighted by atomic mass is 10.1. The van der Waals surface area contributed by atoms with Gasteiger partial charge in [-0.3, -0.25) is 9.48 Å². The molecule has 0 bridgehead atoms. The van der Waals surface area contributed by atoms with E-state index in [0.717, 1.165) is 25.2 Å². The van der Waals surface area contributed by atoms with Crippen LogP contribution in [0.2, 0.25) is 0 Å². The van der Waals surface area contributed by atoms with Gasteiger partial charge in [0, 0.05) is 31.7 Å². The number of carbonyl (C=O) groups is 1. The molecule has 2 fully saturated rings. The SMILES string of the molecule is O=C1CCC(NCc2ccn(C3CCCC3)n2)CN1. The summed E-state index contributed by atoms with van der Waals surface area (Å²) in [5.41, 5.74) is 1.10. The zero-order chi connectivity index (χ0) is 13.1. The minimum atomic E-state index is 0.170. The average molecular weight is 262 g/mol. The van der Waals surface area contributed by atoms with E-state index in [1.807, 2.05) is 0 Å². The normalized spacial score (nSPS) is 24.6. The molecule has 19 heavy (non-hydrogen) atoms. The third-order valence-corrected chi connectivity index (χ3v) is 4.20. The molecule has 5 nitrogen and oxygen atoms in total. The molecule has 1 amide bonds. The standard InChI is InChI=1S/C14H22N4O/c19-14-6-5-11(9-16-14)15-10-12-7-8-18(17-12)13-3-1-2-4-13/h7-8,11,13,15H,1-6,9-10H2,(H,16,19). The Labute approximate surface area is 113 Å². The molecular formula is C14H22N4O. The van der Waals surface area contributed by atoms with E-state index in [2.05, 4.69) is 32.7 Å². The van der Waals surface area contributed by atoms with E-state index in [1.54, 1.807) is 0 Å². The van der Waals surface area contributed by atoms with Crippen LogP contribution in [0.25, 0.3) is 0 Å². The van der Waals surface area contributed by atoms with Crippen molar-refractivity contribution >= 4 is 5.91 Å². The predicted octanol–water partition coefficient (Wildman–Crippen LogP) is 1.37. The van der Waals surface area contributed by atoms with Crippen molar-refractivity contribution in [1.29, 1.82) is 0 Å². The Morgan fingerprint density at radius 2 is 2.21 bits per heavy atom. The zero-order valence-corrected chi connectivity index (χ0v) is 11.3. The van der Waals surface area contributed by atoms with E-state index in [0.29, 0.717) is 18.5 Å². The Morgan fingerprint density at radius 1 is 1.37 bits per heavy atom. The monoisotopic (exact) mass is 262 g/mol. The number of rotatable bonds is 4. The lowest BCUT2D eigenvalue weighted by Gasteiger charge is -2.23. The summed E-state index contributed by atoms with van der Waals surface area (Å²) in [6, 6.07) is 3.10. The molecule has 1 aliphatic heterocycles. The summed E-state index contributed by atoms with van der Waals surface area (Å²) in [7, 11) is 0. The second-order valence-corrected chi connectivity index (χ2v) is 5.65. The van der Waals surface area contributed by atoms with Crippen molar-refractivity contribution in [3.8, 4) is 0 Å². The molecule has 1 saturated heterocycles. The summed E-state index contributed by atoms with van der Waals surface area (Å²) < 4.78 is 2.13. The Morgan fingerprint density at radius 3 is 2.95 bits per heavy atom. The van der Waals surface area contributed by atoms with E-state index >= 15 is 0 Å². The van der Waals surface area contributed by atoms with Crippen LogP contribution in [-0.2, 0) is 11.3 Å². The van der Waals surface area contributed by atoms with Gasteiger partial charge < -0.3 is 10.6 Å². The molecule has 0 spiro atoms. The number of carbonyl (C=O) groups excluding carboxylic acids is 1. The fourth-order valence-electron chi connectivity index (χ4n) is 3.00. The quantitative estimate of drug-likeness (QED) is 0.861. The third-order valence-electron chi connectivity index (χ3n) is 4.20. The number of aromatic nitrogens is 2. The van der Waals surface area contributed by atoms with Gasteiger partial charge in [-0.05, 0) is 25.3 Å². The topological polar surface area (TPSA) is 59.0 Å². The van der Waals surface area contributed by atoms with E-state index in [1.165, 1.54) is 25.7 Å². The van der Waals surface area contributed by atoms with Crippen molar-refractivity contribution in [3.63, 3.8) is 0 Å². The first-order valence-electron chi connectivity index (χ1n) is 7.35. The summed E-state index contributed by atoms with van der Waals surface area (Å²) in [5, 5.41) is 11.0. The molecule has 1 saturated carbocycles. The molecule has 104 valence electrons. The van der Waals surface area contributed by atoms with Gasteiger partial charge in [0.25, 0.3) is 0 Å². The van der Waals surface area contributed by atoms with Gasteiger partial charge in [0.05, 0.1) is 11.7 Å². The van der Waals surface area contributed by atoms with Crippen LogP contribution in [0.15, 0.2) is 12.3 Å². The molecule has 1 aromatic heterocycles. The second kappa shape index (κ2) is 5.74. The van der Waals surface area contributed by atoms with Crippen LogP contribution in [-0.4, -0.2) is 28.3 Å². The molecule has 2 N–H and O–H groups in total. The van der Waals surface area contributed by atoms with E-state index in [9.17, 15) is 4.79 Å². The molecule has 3 rings (SSSR count). The molecule has 1 aliphatic carbocycles. The lowest BCUT2D eigenvalue weighted by Crippen LogP contribution is -2.45. The molecule has 1 unspecified atom stereocenters. The zero-order valence-electron chi connectivity index (χ0n) is 11.3. The molecular weight excluding hydrogens is 240 g/mol. The molecule has 2 heterocycles. The number of hydrogen-bond donors (Lipinski definition) is 2. The summed E-state index contributed by atoms with van der Waals surface area (Å²) in [6.07, 6.45) is 8.87. The summed E-state index contributed by atoms with van der Waals surface area (Å²) in [5.74, 6) is 0.170. The highest BCUT2D eigenvalue weighted by Crippen LogP contribution is 2.28. The number of hydrogen-bond acceptors (Lipinski definition) is 3. The molecule has 1 atom stereocenters. The van der Waals surface area contributed by atoms with Crippen molar-refractivity contribution in [2.75, 3.05) is 6.54 Å². The summed E-state index contributed by atoms with van der Waals surface area (Å²) in [6.45, 7) is 1.53. The highest BCUT2D eigenvalue weighted by Gasteiger charge is 2.19.